The number of hydrogen-bond acceptors (Lipinski definition) is 2. The van der Waals surface area contributed by atoms with Crippen LogP contribution in [0.15, 0.2) is 28.7 Å². The van der Waals surface area contributed by atoms with Gasteiger partial charge in [0.25, 0.3) is 5.91 Å². The van der Waals surface area contributed by atoms with Gasteiger partial charge in [0.15, 0.2) is 0 Å². The van der Waals surface area contributed by atoms with Crippen molar-refractivity contribution in [2.45, 2.75) is 26.8 Å². The highest BCUT2D eigenvalue weighted by Crippen LogP contribution is 2.26. The summed E-state index contributed by atoms with van der Waals surface area (Å²) in [6.07, 6.45) is 0. The molecule has 2 aromatic rings. The number of aryl methyl sites for hydroxylation is 2. The van der Waals surface area contributed by atoms with Crippen LogP contribution in [0.4, 0.5) is 4.39 Å². The van der Waals surface area contributed by atoms with E-state index in [-0.39, 0.29) is 11.9 Å². The van der Waals surface area contributed by atoms with Gasteiger partial charge in [0.1, 0.15) is 5.82 Å². The van der Waals surface area contributed by atoms with Gasteiger partial charge in [-0.05, 0) is 66.5 Å². The van der Waals surface area contributed by atoms with Gasteiger partial charge in [-0.25, -0.2) is 4.39 Å². The van der Waals surface area contributed by atoms with Crippen LogP contribution >= 0.6 is 27.3 Å². The summed E-state index contributed by atoms with van der Waals surface area (Å²) in [5.74, 6) is -0.708. The summed E-state index contributed by atoms with van der Waals surface area (Å²) in [4.78, 5) is 14.5. The maximum absolute atomic E-state index is 13.4. The Bertz CT molecular complexity index is 653. The molecule has 1 amide bonds. The standard InChI is InChI=1S/C15H15BrFNOS/c1-8-6-12(10(3)20-8)9(2)18-15(19)11-4-5-13(16)14(17)7-11/h4-7,9H,1-3H3,(H,18,19). The SMILES string of the molecule is Cc1cc(C(C)NC(=O)c2ccc(Br)c(F)c2)c(C)s1. The van der Waals surface area contributed by atoms with Gasteiger partial charge in [0.05, 0.1) is 10.5 Å². The molecule has 20 heavy (non-hydrogen) atoms. The van der Waals surface area contributed by atoms with E-state index in [0.717, 1.165) is 5.56 Å². The molecule has 2 nitrogen and oxygen atoms in total. The third kappa shape index (κ3) is 3.27. The first-order valence-corrected chi connectivity index (χ1v) is 7.82. The fraction of sp³-hybridized carbons (Fsp3) is 0.267. The minimum absolute atomic E-state index is 0.0980. The Balaban J connectivity index is 2.15. The average Bonchev–Trinajstić information content (AvgIpc) is 2.71. The fourth-order valence-corrected chi connectivity index (χ4v) is 3.34. The van der Waals surface area contributed by atoms with Crippen LogP contribution in [-0.4, -0.2) is 5.91 Å². The second-order valence-corrected chi connectivity index (χ2v) is 7.01. The minimum atomic E-state index is -0.437. The van der Waals surface area contributed by atoms with E-state index in [9.17, 15) is 9.18 Å². The summed E-state index contributed by atoms with van der Waals surface area (Å²) in [5, 5.41) is 2.90. The van der Waals surface area contributed by atoms with Crippen LogP contribution in [-0.2, 0) is 0 Å². The maximum atomic E-state index is 13.4. The first-order chi connectivity index (χ1) is 9.38. The average molecular weight is 356 g/mol. The second kappa shape index (κ2) is 6.06. The molecular formula is C15H15BrFNOS. The smallest absolute Gasteiger partial charge is 0.251 e. The highest BCUT2D eigenvalue weighted by Gasteiger charge is 2.15. The van der Waals surface area contributed by atoms with E-state index in [1.165, 1.54) is 21.9 Å². The molecule has 106 valence electrons. The Morgan fingerprint density at radius 3 is 2.60 bits per heavy atom. The van der Waals surface area contributed by atoms with Crippen LogP contribution in [0.2, 0.25) is 0 Å². The summed E-state index contributed by atoms with van der Waals surface area (Å²) in [5.41, 5.74) is 1.43. The number of nitrogens with one attached hydrogen (secondary N) is 1. The summed E-state index contributed by atoms with van der Waals surface area (Å²) < 4.78 is 13.8. The van der Waals surface area contributed by atoms with Gasteiger partial charge in [-0.15, -0.1) is 11.3 Å². The lowest BCUT2D eigenvalue weighted by Crippen LogP contribution is -2.26. The summed E-state index contributed by atoms with van der Waals surface area (Å²) in [6.45, 7) is 6.01. The number of thiophene rings is 1. The van der Waals surface area contributed by atoms with Crippen LogP contribution in [0.5, 0.6) is 0 Å². The predicted octanol–water partition coefficient (Wildman–Crippen LogP) is 4.76. The van der Waals surface area contributed by atoms with E-state index in [1.807, 2.05) is 20.8 Å². The third-order valence-electron chi connectivity index (χ3n) is 3.08. The van der Waals surface area contributed by atoms with Gasteiger partial charge in [-0.1, -0.05) is 0 Å². The molecule has 1 heterocycles. The summed E-state index contributed by atoms with van der Waals surface area (Å²) in [7, 11) is 0. The van der Waals surface area contributed by atoms with Gasteiger partial charge < -0.3 is 5.32 Å². The molecule has 1 aromatic heterocycles. The zero-order chi connectivity index (χ0) is 14.9. The maximum Gasteiger partial charge on any atom is 0.251 e. The molecule has 1 atom stereocenters. The molecule has 0 saturated heterocycles. The normalized spacial score (nSPS) is 12.2. The Labute approximate surface area is 130 Å². The molecule has 0 saturated carbocycles. The topological polar surface area (TPSA) is 29.1 Å². The third-order valence-corrected chi connectivity index (χ3v) is 4.70. The molecule has 0 fully saturated rings. The number of carbonyl (C=O) groups excluding carboxylic acids is 1. The highest BCUT2D eigenvalue weighted by molar-refractivity contribution is 9.10. The lowest BCUT2D eigenvalue weighted by Gasteiger charge is -2.14. The Morgan fingerprint density at radius 2 is 2.05 bits per heavy atom. The number of carbonyl (C=O) groups is 1. The van der Waals surface area contributed by atoms with Crippen molar-refractivity contribution in [2.75, 3.05) is 0 Å². The highest BCUT2D eigenvalue weighted by atomic mass is 79.9. The Kier molecular flexibility index (Phi) is 4.60. The van der Waals surface area contributed by atoms with Crippen LogP contribution in [0.3, 0.4) is 0 Å². The van der Waals surface area contributed by atoms with Crippen molar-refractivity contribution in [1.29, 1.82) is 0 Å². The number of halogens is 2. The fourth-order valence-electron chi connectivity index (χ4n) is 2.08. The molecule has 0 radical (unpaired) electrons. The molecule has 1 aromatic carbocycles. The zero-order valence-corrected chi connectivity index (χ0v) is 13.9. The molecule has 1 N–H and O–H groups in total. The molecule has 0 aliphatic rings. The molecule has 0 aliphatic carbocycles. The van der Waals surface area contributed by atoms with Gasteiger partial charge in [-0.3, -0.25) is 4.79 Å². The molecule has 0 bridgehead atoms. The van der Waals surface area contributed by atoms with E-state index in [1.54, 1.807) is 17.4 Å². The monoisotopic (exact) mass is 355 g/mol. The van der Waals surface area contributed by atoms with Crippen molar-refractivity contribution >= 4 is 33.2 Å². The number of hydrogen-bond donors (Lipinski definition) is 1. The van der Waals surface area contributed by atoms with Crippen LogP contribution in [0, 0.1) is 19.7 Å². The Hall–Kier alpha value is -1.20. The molecule has 0 spiro atoms. The summed E-state index contributed by atoms with van der Waals surface area (Å²) >= 11 is 4.78. The van der Waals surface area contributed by atoms with Gasteiger partial charge in [0.2, 0.25) is 0 Å². The van der Waals surface area contributed by atoms with E-state index < -0.39 is 5.82 Å². The molecule has 2 rings (SSSR count). The van der Waals surface area contributed by atoms with Crippen molar-refractivity contribution in [3.05, 3.63) is 55.4 Å². The molecule has 5 heteroatoms. The van der Waals surface area contributed by atoms with Crippen molar-refractivity contribution in [1.82, 2.24) is 5.32 Å². The van der Waals surface area contributed by atoms with Gasteiger partial charge in [-0.2, -0.15) is 0 Å². The predicted molar refractivity (Wildman–Crippen MR) is 83.8 cm³/mol. The lowest BCUT2D eigenvalue weighted by molar-refractivity contribution is 0.0939. The zero-order valence-electron chi connectivity index (χ0n) is 11.5. The molecule has 1 unspecified atom stereocenters. The number of rotatable bonds is 3. The quantitative estimate of drug-likeness (QED) is 0.844. The number of amides is 1. The van der Waals surface area contributed by atoms with Crippen molar-refractivity contribution in [3.8, 4) is 0 Å². The minimum Gasteiger partial charge on any atom is -0.345 e. The van der Waals surface area contributed by atoms with Crippen molar-refractivity contribution < 1.29 is 9.18 Å². The van der Waals surface area contributed by atoms with Gasteiger partial charge >= 0.3 is 0 Å². The molecule has 0 aliphatic heterocycles. The van der Waals surface area contributed by atoms with Crippen molar-refractivity contribution in [3.63, 3.8) is 0 Å². The van der Waals surface area contributed by atoms with E-state index in [2.05, 4.69) is 27.3 Å². The molecular weight excluding hydrogens is 341 g/mol. The van der Waals surface area contributed by atoms with E-state index in [0.29, 0.717) is 10.0 Å². The second-order valence-electron chi connectivity index (χ2n) is 4.69. The Morgan fingerprint density at radius 1 is 1.35 bits per heavy atom. The van der Waals surface area contributed by atoms with Crippen molar-refractivity contribution in [2.24, 2.45) is 0 Å². The lowest BCUT2D eigenvalue weighted by atomic mass is 10.1. The van der Waals surface area contributed by atoms with Crippen LogP contribution in [0.25, 0.3) is 0 Å². The first-order valence-electron chi connectivity index (χ1n) is 6.21. The van der Waals surface area contributed by atoms with E-state index in [4.69, 9.17) is 0 Å². The van der Waals surface area contributed by atoms with Gasteiger partial charge in [0, 0.05) is 15.3 Å². The van der Waals surface area contributed by atoms with Crippen LogP contribution in [0.1, 0.15) is 38.6 Å². The van der Waals surface area contributed by atoms with E-state index >= 15 is 0 Å². The summed E-state index contributed by atoms with van der Waals surface area (Å²) in [6, 6.07) is 6.35. The first kappa shape index (κ1) is 15.2. The largest absolute Gasteiger partial charge is 0.345 e. The number of benzene rings is 1. The van der Waals surface area contributed by atoms with Crippen LogP contribution < -0.4 is 5.32 Å².